The lowest BCUT2D eigenvalue weighted by Gasteiger charge is -2.36. The highest BCUT2D eigenvalue weighted by molar-refractivity contribution is 5.75. The van der Waals surface area contributed by atoms with E-state index in [1.165, 1.54) is 11.1 Å². The van der Waals surface area contributed by atoms with Crippen molar-refractivity contribution in [1.82, 2.24) is 0 Å². The van der Waals surface area contributed by atoms with E-state index in [1.807, 2.05) is 12.1 Å². The zero-order chi connectivity index (χ0) is 13.2. The van der Waals surface area contributed by atoms with Crippen molar-refractivity contribution < 1.29 is 9.90 Å². The maximum atomic E-state index is 11.7. The van der Waals surface area contributed by atoms with E-state index >= 15 is 0 Å². The number of carboxylic acids is 1. The fourth-order valence-corrected chi connectivity index (χ4v) is 2.95. The van der Waals surface area contributed by atoms with Crippen molar-refractivity contribution >= 4 is 5.97 Å². The van der Waals surface area contributed by atoms with Gasteiger partial charge in [0.25, 0.3) is 0 Å². The number of aliphatic carboxylic acids is 1. The molecule has 1 aromatic carbocycles. The molecule has 0 spiro atoms. The Bertz CT molecular complexity index is 428. The second kappa shape index (κ2) is 5.13. The lowest BCUT2D eigenvalue weighted by Crippen LogP contribution is -2.37. The van der Waals surface area contributed by atoms with Crippen LogP contribution in [0, 0.1) is 18.3 Å². The van der Waals surface area contributed by atoms with Gasteiger partial charge in [0.2, 0.25) is 0 Å². The molecule has 18 heavy (non-hydrogen) atoms. The fraction of sp³-hybridized carbons (Fsp3) is 0.562. The number of hydrogen-bond donors (Lipinski definition) is 1. The summed E-state index contributed by atoms with van der Waals surface area (Å²) < 4.78 is 0. The zero-order valence-electron chi connectivity index (χ0n) is 11.3. The molecule has 0 atom stereocenters. The minimum atomic E-state index is -0.613. The summed E-state index contributed by atoms with van der Waals surface area (Å²) in [6.45, 7) is 4.29. The number of aryl methyl sites for hydroxylation is 1. The lowest BCUT2D eigenvalue weighted by molar-refractivity contribution is -0.151. The van der Waals surface area contributed by atoms with Crippen LogP contribution in [0.2, 0.25) is 0 Å². The molecule has 1 aromatic rings. The summed E-state index contributed by atoms with van der Waals surface area (Å²) >= 11 is 0. The Morgan fingerprint density at radius 3 is 2.50 bits per heavy atom. The smallest absolute Gasteiger partial charge is 0.309 e. The molecule has 2 heteroatoms. The normalized spacial score (nSPS) is 28.0. The standard InChI is InChI=1S/C16H22O2/c1-12-7-9-16(10-8-12,15(17)18)11-14-6-4-3-5-13(14)2/h3-6,12H,7-11H2,1-2H3,(H,17,18). The van der Waals surface area contributed by atoms with Gasteiger partial charge in [-0.15, -0.1) is 0 Å². The molecule has 0 bridgehead atoms. The fourth-order valence-electron chi connectivity index (χ4n) is 2.95. The summed E-state index contributed by atoms with van der Waals surface area (Å²) in [6.07, 6.45) is 4.40. The van der Waals surface area contributed by atoms with Crippen LogP contribution in [0.15, 0.2) is 24.3 Å². The minimum absolute atomic E-state index is 0.529. The molecular formula is C16H22O2. The van der Waals surface area contributed by atoms with Gasteiger partial charge < -0.3 is 5.11 Å². The highest BCUT2D eigenvalue weighted by Gasteiger charge is 2.41. The Kier molecular flexibility index (Phi) is 3.74. The van der Waals surface area contributed by atoms with Crippen LogP contribution >= 0.6 is 0 Å². The summed E-state index contributed by atoms with van der Waals surface area (Å²) in [4.78, 5) is 11.7. The zero-order valence-corrected chi connectivity index (χ0v) is 11.3. The average Bonchev–Trinajstić information content (AvgIpc) is 2.35. The molecule has 2 nitrogen and oxygen atoms in total. The van der Waals surface area contributed by atoms with Crippen LogP contribution in [0.3, 0.4) is 0 Å². The van der Waals surface area contributed by atoms with E-state index in [-0.39, 0.29) is 0 Å². The van der Waals surface area contributed by atoms with Crippen molar-refractivity contribution in [2.45, 2.75) is 46.0 Å². The van der Waals surface area contributed by atoms with Crippen LogP contribution < -0.4 is 0 Å². The number of carbonyl (C=O) groups is 1. The van der Waals surface area contributed by atoms with Crippen molar-refractivity contribution in [2.75, 3.05) is 0 Å². The van der Waals surface area contributed by atoms with E-state index in [0.29, 0.717) is 12.3 Å². The summed E-state index contributed by atoms with van der Waals surface area (Å²) in [5.74, 6) is 0.0620. The first kappa shape index (κ1) is 13.1. The van der Waals surface area contributed by atoms with Crippen molar-refractivity contribution in [3.63, 3.8) is 0 Å². The molecule has 1 fully saturated rings. The predicted octanol–water partition coefficient (Wildman–Crippen LogP) is 3.82. The van der Waals surface area contributed by atoms with Crippen molar-refractivity contribution in [3.05, 3.63) is 35.4 Å². The van der Waals surface area contributed by atoms with Gasteiger partial charge in [-0.05, 0) is 56.1 Å². The minimum Gasteiger partial charge on any atom is -0.481 e. The number of hydrogen-bond acceptors (Lipinski definition) is 1. The third-order valence-corrected chi connectivity index (χ3v) is 4.48. The van der Waals surface area contributed by atoms with Crippen molar-refractivity contribution in [2.24, 2.45) is 11.3 Å². The molecule has 1 N–H and O–H groups in total. The third kappa shape index (κ3) is 2.58. The van der Waals surface area contributed by atoms with Gasteiger partial charge in [0, 0.05) is 0 Å². The third-order valence-electron chi connectivity index (χ3n) is 4.48. The first-order chi connectivity index (χ1) is 8.53. The summed E-state index contributed by atoms with van der Waals surface area (Å²) in [5.41, 5.74) is 1.87. The summed E-state index contributed by atoms with van der Waals surface area (Å²) in [5, 5.41) is 9.63. The van der Waals surface area contributed by atoms with Crippen LogP contribution in [0.25, 0.3) is 0 Å². The van der Waals surface area contributed by atoms with Gasteiger partial charge in [-0.1, -0.05) is 31.2 Å². The Morgan fingerprint density at radius 2 is 1.94 bits per heavy atom. The molecule has 2 rings (SSSR count). The monoisotopic (exact) mass is 246 g/mol. The molecule has 0 heterocycles. The Hall–Kier alpha value is -1.31. The second-order valence-corrected chi connectivity index (χ2v) is 5.87. The van der Waals surface area contributed by atoms with Crippen molar-refractivity contribution in [3.8, 4) is 0 Å². The first-order valence-corrected chi connectivity index (χ1v) is 6.81. The molecule has 1 aliphatic rings. The maximum absolute atomic E-state index is 11.7. The van der Waals surface area contributed by atoms with Gasteiger partial charge in [-0.25, -0.2) is 0 Å². The first-order valence-electron chi connectivity index (χ1n) is 6.81. The van der Waals surface area contributed by atoms with E-state index in [4.69, 9.17) is 0 Å². The summed E-state index contributed by atoms with van der Waals surface area (Å²) in [6, 6.07) is 8.15. The SMILES string of the molecule is Cc1ccccc1CC1(C(=O)O)CCC(C)CC1. The molecule has 0 radical (unpaired) electrons. The van der Waals surface area contributed by atoms with Crippen LogP contribution in [0.4, 0.5) is 0 Å². The van der Waals surface area contributed by atoms with E-state index in [2.05, 4.69) is 26.0 Å². The molecule has 0 unspecified atom stereocenters. The number of carboxylic acid groups (broad SMARTS) is 1. The van der Waals surface area contributed by atoms with E-state index in [0.717, 1.165) is 25.7 Å². The lowest BCUT2D eigenvalue weighted by atomic mass is 9.67. The van der Waals surface area contributed by atoms with Gasteiger partial charge in [0.1, 0.15) is 0 Å². The molecule has 0 aromatic heterocycles. The summed E-state index contributed by atoms with van der Waals surface area (Å²) in [7, 11) is 0. The average molecular weight is 246 g/mol. The van der Waals surface area contributed by atoms with Crippen LogP contribution in [-0.4, -0.2) is 11.1 Å². The Labute approximate surface area is 109 Å². The molecule has 1 aliphatic carbocycles. The molecule has 0 saturated heterocycles. The molecule has 98 valence electrons. The van der Waals surface area contributed by atoms with Gasteiger partial charge in [-0.3, -0.25) is 4.79 Å². The topological polar surface area (TPSA) is 37.3 Å². The Morgan fingerprint density at radius 1 is 1.33 bits per heavy atom. The molecule has 1 saturated carbocycles. The predicted molar refractivity (Wildman–Crippen MR) is 72.6 cm³/mol. The largest absolute Gasteiger partial charge is 0.481 e. The van der Waals surface area contributed by atoms with Crippen LogP contribution in [0.5, 0.6) is 0 Å². The Balaban J connectivity index is 2.22. The molecular weight excluding hydrogens is 224 g/mol. The van der Waals surface area contributed by atoms with Gasteiger partial charge in [0.05, 0.1) is 5.41 Å². The van der Waals surface area contributed by atoms with Gasteiger partial charge >= 0.3 is 5.97 Å². The van der Waals surface area contributed by atoms with E-state index in [9.17, 15) is 9.90 Å². The highest BCUT2D eigenvalue weighted by Crippen LogP contribution is 2.42. The molecule has 0 amide bonds. The van der Waals surface area contributed by atoms with E-state index < -0.39 is 11.4 Å². The van der Waals surface area contributed by atoms with Gasteiger partial charge in [-0.2, -0.15) is 0 Å². The van der Waals surface area contributed by atoms with E-state index in [1.54, 1.807) is 0 Å². The number of benzene rings is 1. The molecule has 0 aliphatic heterocycles. The van der Waals surface area contributed by atoms with Crippen molar-refractivity contribution in [1.29, 1.82) is 0 Å². The maximum Gasteiger partial charge on any atom is 0.309 e. The highest BCUT2D eigenvalue weighted by atomic mass is 16.4. The van der Waals surface area contributed by atoms with Crippen LogP contribution in [0.1, 0.15) is 43.7 Å². The van der Waals surface area contributed by atoms with Gasteiger partial charge in [0.15, 0.2) is 0 Å². The van der Waals surface area contributed by atoms with Crippen LogP contribution in [-0.2, 0) is 11.2 Å². The second-order valence-electron chi connectivity index (χ2n) is 5.87. The quantitative estimate of drug-likeness (QED) is 0.880. The number of rotatable bonds is 3.